The Labute approximate surface area is 50.7 Å². The van der Waals surface area contributed by atoms with Crippen LogP contribution in [-0.2, 0) is 9.53 Å². The molecular weight excluding hydrogens is 127 g/mol. The molecule has 0 aromatic carbocycles. The van der Waals surface area contributed by atoms with Crippen LogP contribution in [0.3, 0.4) is 0 Å². The zero-order valence-corrected chi connectivity index (χ0v) is 4.56. The van der Waals surface area contributed by atoms with Crippen LogP contribution in [0.15, 0.2) is 11.4 Å². The Morgan fingerprint density at radius 1 is 1.78 bits per heavy atom. The van der Waals surface area contributed by atoms with Gasteiger partial charge in [-0.3, -0.25) is 0 Å². The number of ether oxygens (including phenoxy) is 1. The van der Waals surface area contributed by atoms with Gasteiger partial charge in [-0.05, 0) is 0 Å². The van der Waals surface area contributed by atoms with Gasteiger partial charge in [-0.2, -0.15) is 4.39 Å². The van der Waals surface area contributed by atoms with E-state index in [0.29, 0.717) is 0 Å². The number of carbonyl (C=O) groups is 1. The quantitative estimate of drug-likeness (QED) is 0.501. The number of cyclic esters (lactones) is 1. The summed E-state index contributed by atoms with van der Waals surface area (Å²) in [6.45, 7) is -0.557. The summed E-state index contributed by atoms with van der Waals surface area (Å²) in [5.41, 5.74) is 0.0278. The number of esters is 1. The van der Waals surface area contributed by atoms with Crippen LogP contribution < -0.4 is 0 Å². The molecule has 0 aliphatic carbocycles. The Hall–Kier alpha value is -0.900. The zero-order chi connectivity index (χ0) is 6.85. The molecule has 0 spiro atoms. The molecule has 0 bridgehead atoms. The van der Waals surface area contributed by atoms with Crippen LogP contribution in [0.5, 0.6) is 0 Å². The minimum Gasteiger partial charge on any atom is -0.456 e. The fraction of sp³-hybridized carbons (Fsp3) is 0.400. The zero-order valence-electron chi connectivity index (χ0n) is 4.56. The fourth-order valence-corrected chi connectivity index (χ4v) is 0.539. The van der Waals surface area contributed by atoms with Crippen LogP contribution in [-0.4, -0.2) is 24.3 Å². The normalized spacial score (nSPS) is 18.7. The predicted molar refractivity (Wildman–Crippen MR) is 26.2 cm³/mol. The van der Waals surface area contributed by atoms with E-state index in [0.717, 1.165) is 0 Å². The lowest BCUT2D eigenvalue weighted by molar-refractivity contribution is -0.137. The molecule has 1 heterocycles. The van der Waals surface area contributed by atoms with Crippen molar-refractivity contribution in [2.75, 3.05) is 13.2 Å². The van der Waals surface area contributed by atoms with Gasteiger partial charge in [0.15, 0.2) is 0 Å². The van der Waals surface area contributed by atoms with Crippen molar-refractivity contribution in [1.29, 1.82) is 0 Å². The summed E-state index contributed by atoms with van der Waals surface area (Å²) in [7, 11) is 0. The number of rotatable bonds is 1. The summed E-state index contributed by atoms with van der Waals surface area (Å²) in [5, 5.41) is 8.32. The summed E-state index contributed by atoms with van der Waals surface area (Å²) in [6.07, 6.45) is 0. The van der Waals surface area contributed by atoms with Crippen molar-refractivity contribution in [3.63, 3.8) is 0 Å². The molecule has 0 saturated carbocycles. The van der Waals surface area contributed by atoms with E-state index in [-0.39, 0.29) is 12.2 Å². The molecule has 50 valence electrons. The van der Waals surface area contributed by atoms with Gasteiger partial charge >= 0.3 is 5.97 Å². The van der Waals surface area contributed by atoms with E-state index in [4.69, 9.17) is 5.11 Å². The number of hydrogen-bond acceptors (Lipinski definition) is 3. The Morgan fingerprint density at radius 2 is 2.44 bits per heavy atom. The van der Waals surface area contributed by atoms with Gasteiger partial charge in [0.1, 0.15) is 6.61 Å². The average Bonchev–Trinajstić information content (AvgIpc) is 2.15. The highest BCUT2D eigenvalue weighted by Crippen LogP contribution is 2.15. The van der Waals surface area contributed by atoms with Gasteiger partial charge in [-0.15, -0.1) is 0 Å². The lowest BCUT2D eigenvalue weighted by Gasteiger charge is -1.88. The molecule has 0 atom stereocenters. The second kappa shape index (κ2) is 2.14. The first-order valence-corrected chi connectivity index (χ1v) is 2.41. The summed E-state index contributed by atoms with van der Waals surface area (Å²) in [4.78, 5) is 10.2. The minimum absolute atomic E-state index is 0.0278. The highest BCUT2D eigenvalue weighted by molar-refractivity contribution is 5.89. The van der Waals surface area contributed by atoms with Crippen LogP contribution in [0.2, 0.25) is 0 Å². The number of aliphatic hydroxyl groups is 1. The fourth-order valence-electron chi connectivity index (χ4n) is 0.539. The van der Waals surface area contributed by atoms with Gasteiger partial charge in [0.05, 0.1) is 6.61 Å². The Balaban J connectivity index is 2.79. The van der Waals surface area contributed by atoms with E-state index in [1.165, 1.54) is 0 Å². The van der Waals surface area contributed by atoms with Crippen molar-refractivity contribution >= 4 is 5.97 Å². The summed E-state index contributed by atoms with van der Waals surface area (Å²) < 4.78 is 16.4. The summed E-state index contributed by atoms with van der Waals surface area (Å²) in [6, 6.07) is 0. The molecule has 3 nitrogen and oxygen atoms in total. The minimum atomic E-state index is -0.973. The molecule has 0 saturated heterocycles. The van der Waals surface area contributed by atoms with Crippen LogP contribution in [0.4, 0.5) is 4.39 Å². The van der Waals surface area contributed by atoms with Crippen molar-refractivity contribution in [3.05, 3.63) is 11.4 Å². The molecule has 0 radical (unpaired) electrons. The molecule has 1 rings (SSSR count). The van der Waals surface area contributed by atoms with Gasteiger partial charge in [-0.25, -0.2) is 4.79 Å². The number of aliphatic hydroxyl groups excluding tert-OH is 1. The maximum absolute atomic E-state index is 12.2. The van der Waals surface area contributed by atoms with Crippen molar-refractivity contribution in [3.8, 4) is 0 Å². The SMILES string of the molecule is O=C1OCC(CO)=C1F. The Kier molecular flexibility index (Phi) is 1.48. The van der Waals surface area contributed by atoms with E-state index in [1.54, 1.807) is 0 Å². The Bertz CT molecular complexity index is 173. The first-order valence-electron chi connectivity index (χ1n) is 2.41. The largest absolute Gasteiger partial charge is 0.456 e. The van der Waals surface area contributed by atoms with E-state index < -0.39 is 18.4 Å². The van der Waals surface area contributed by atoms with Crippen LogP contribution in [0.1, 0.15) is 0 Å². The van der Waals surface area contributed by atoms with E-state index in [1.807, 2.05) is 0 Å². The standard InChI is InChI=1S/C5H5FO3/c6-4-3(1-7)2-9-5(4)8/h7H,1-2H2. The maximum atomic E-state index is 12.2. The molecule has 0 fully saturated rings. The first kappa shape index (κ1) is 6.22. The van der Waals surface area contributed by atoms with E-state index in [2.05, 4.69) is 4.74 Å². The Morgan fingerprint density at radius 3 is 2.67 bits per heavy atom. The van der Waals surface area contributed by atoms with Gasteiger partial charge in [-0.1, -0.05) is 0 Å². The number of halogens is 1. The first-order chi connectivity index (χ1) is 4.25. The molecule has 1 N–H and O–H groups in total. The summed E-state index contributed by atoms with van der Waals surface area (Å²) in [5.74, 6) is -1.92. The number of carbonyl (C=O) groups excluding carboxylic acids is 1. The lowest BCUT2D eigenvalue weighted by atomic mass is 10.3. The molecule has 0 unspecified atom stereocenters. The average molecular weight is 132 g/mol. The van der Waals surface area contributed by atoms with Crippen molar-refractivity contribution in [2.45, 2.75) is 0 Å². The van der Waals surface area contributed by atoms with Crippen molar-refractivity contribution in [1.82, 2.24) is 0 Å². The molecule has 0 amide bonds. The molecule has 4 heteroatoms. The van der Waals surface area contributed by atoms with E-state index >= 15 is 0 Å². The predicted octanol–water partition coefficient (Wildman–Crippen LogP) is -0.241. The van der Waals surface area contributed by atoms with Crippen LogP contribution in [0, 0.1) is 0 Å². The molecule has 1 aliphatic heterocycles. The molecule has 9 heavy (non-hydrogen) atoms. The monoisotopic (exact) mass is 132 g/mol. The molecule has 0 aromatic heterocycles. The second-order valence-electron chi connectivity index (χ2n) is 1.65. The third kappa shape index (κ3) is 0.929. The lowest BCUT2D eigenvalue weighted by Crippen LogP contribution is -1.94. The van der Waals surface area contributed by atoms with Crippen LogP contribution in [0.25, 0.3) is 0 Å². The van der Waals surface area contributed by atoms with Gasteiger partial charge < -0.3 is 9.84 Å². The topological polar surface area (TPSA) is 46.5 Å². The van der Waals surface area contributed by atoms with E-state index in [9.17, 15) is 9.18 Å². The van der Waals surface area contributed by atoms with Gasteiger partial charge in [0.25, 0.3) is 0 Å². The third-order valence-corrected chi connectivity index (χ3v) is 1.06. The highest BCUT2D eigenvalue weighted by Gasteiger charge is 2.23. The van der Waals surface area contributed by atoms with Gasteiger partial charge in [0.2, 0.25) is 5.83 Å². The summed E-state index contributed by atoms with van der Waals surface area (Å²) >= 11 is 0. The highest BCUT2D eigenvalue weighted by atomic mass is 19.1. The maximum Gasteiger partial charge on any atom is 0.367 e. The smallest absolute Gasteiger partial charge is 0.367 e. The van der Waals surface area contributed by atoms with Gasteiger partial charge in [0, 0.05) is 5.57 Å². The molecule has 1 aliphatic rings. The van der Waals surface area contributed by atoms with Crippen molar-refractivity contribution < 1.29 is 19.0 Å². The second-order valence-corrected chi connectivity index (χ2v) is 1.65. The van der Waals surface area contributed by atoms with Crippen LogP contribution >= 0.6 is 0 Å². The molecular formula is C5H5FO3. The third-order valence-electron chi connectivity index (χ3n) is 1.06. The number of hydrogen-bond donors (Lipinski definition) is 1. The van der Waals surface area contributed by atoms with Crippen molar-refractivity contribution in [2.24, 2.45) is 0 Å². The molecule has 0 aromatic rings.